The van der Waals surface area contributed by atoms with Gasteiger partial charge in [-0.25, -0.2) is 0 Å². The molecule has 3 N–H and O–H groups in total. The van der Waals surface area contributed by atoms with E-state index in [2.05, 4.69) is 20.9 Å². The van der Waals surface area contributed by atoms with Crippen molar-refractivity contribution in [2.45, 2.75) is 19.3 Å². The van der Waals surface area contributed by atoms with Gasteiger partial charge in [0.1, 0.15) is 0 Å². The van der Waals surface area contributed by atoms with E-state index >= 15 is 0 Å². The van der Waals surface area contributed by atoms with Gasteiger partial charge in [-0.1, -0.05) is 11.6 Å². The Bertz CT molecular complexity index is 549. The molecule has 146 valence electrons. The molecule has 1 aliphatic rings. The molecule has 1 aromatic carbocycles. The standard InChI is InChI=1S/C18H27ClN4O2.ClH/c19-16-6-4-15(5-7-16)18(25)22-8-1-3-17(24)21-9-2-12-23-13-10-20-11-14-23;/h4-7,20H,1-3,8-14H2,(H,21,24)(H,22,25);1H. The zero-order chi connectivity index (χ0) is 17.9. The van der Waals surface area contributed by atoms with Crippen molar-refractivity contribution in [3.63, 3.8) is 0 Å². The Hall–Kier alpha value is -1.34. The van der Waals surface area contributed by atoms with Crippen molar-refractivity contribution >= 4 is 35.8 Å². The molecule has 0 spiro atoms. The fourth-order valence-electron chi connectivity index (χ4n) is 2.71. The van der Waals surface area contributed by atoms with Gasteiger partial charge in [0.15, 0.2) is 0 Å². The SMILES string of the molecule is Cl.O=C(CCCNC(=O)c1ccc(Cl)cc1)NCCCN1CCNCC1. The van der Waals surface area contributed by atoms with E-state index in [9.17, 15) is 9.59 Å². The maximum absolute atomic E-state index is 11.9. The lowest BCUT2D eigenvalue weighted by molar-refractivity contribution is -0.121. The Morgan fingerprint density at radius 2 is 1.69 bits per heavy atom. The number of hydrogen-bond acceptors (Lipinski definition) is 4. The van der Waals surface area contributed by atoms with Crippen LogP contribution >= 0.6 is 24.0 Å². The van der Waals surface area contributed by atoms with Gasteiger partial charge in [0.2, 0.25) is 5.91 Å². The molecular formula is C18H28Cl2N4O2. The highest BCUT2D eigenvalue weighted by Crippen LogP contribution is 2.09. The molecule has 2 rings (SSSR count). The number of amides is 2. The first kappa shape index (κ1) is 22.7. The van der Waals surface area contributed by atoms with Crippen molar-refractivity contribution in [1.82, 2.24) is 20.9 Å². The molecular weight excluding hydrogens is 375 g/mol. The smallest absolute Gasteiger partial charge is 0.251 e. The third kappa shape index (κ3) is 8.85. The van der Waals surface area contributed by atoms with E-state index in [1.54, 1.807) is 24.3 Å². The number of nitrogens with one attached hydrogen (secondary N) is 3. The van der Waals surface area contributed by atoms with Crippen molar-refractivity contribution in [3.05, 3.63) is 34.9 Å². The molecule has 8 heteroatoms. The van der Waals surface area contributed by atoms with Crippen LogP contribution in [0.3, 0.4) is 0 Å². The summed E-state index contributed by atoms with van der Waals surface area (Å²) in [5, 5.41) is 9.68. The van der Waals surface area contributed by atoms with Crippen molar-refractivity contribution < 1.29 is 9.59 Å². The quantitative estimate of drug-likeness (QED) is 0.549. The minimum Gasteiger partial charge on any atom is -0.356 e. The molecule has 1 saturated heterocycles. The van der Waals surface area contributed by atoms with Crippen LogP contribution in [0.2, 0.25) is 5.02 Å². The number of benzene rings is 1. The summed E-state index contributed by atoms with van der Waals surface area (Å²) in [4.78, 5) is 26.1. The first-order valence-electron chi connectivity index (χ1n) is 8.89. The van der Waals surface area contributed by atoms with E-state index in [1.807, 2.05) is 0 Å². The number of halogens is 2. The number of nitrogens with zero attached hydrogens (tertiary/aromatic N) is 1. The minimum atomic E-state index is -0.145. The summed E-state index contributed by atoms with van der Waals surface area (Å²) in [6.07, 6.45) is 2.02. The maximum Gasteiger partial charge on any atom is 0.251 e. The predicted octanol–water partition coefficient (Wildman–Crippen LogP) is 1.68. The molecule has 2 amide bonds. The number of rotatable bonds is 9. The van der Waals surface area contributed by atoms with Gasteiger partial charge in [0.05, 0.1) is 0 Å². The van der Waals surface area contributed by atoms with Crippen LogP contribution in [-0.2, 0) is 4.79 Å². The van der Waals surface area contributed by atoms with Gasteiger partial charge in [0, 0.05) is 56.3 Å². The fourth-order valence-corrected chi connectivity index (χ4v) is 2.83. The van der Waals surface area contributed by atoms with Crippen LogP contribution in [0.15, 0.2) is 24.3 Å². The second-order valence-corrected chi connectivity index (χ2v) is 6.60. The Balaban J connectivity index is 0.00000338. The summed E-state index contributed by atoms with van der Waals surface area (Å²) >= 11 is 5.79. The topological polar surface area (TPSA) is 73.5 Å². The monoisotopic (exact) mass is 402 g/mol. The number of hydrogen-bond donors (Lipinski definition) is 3. The summed E-state index contributed by atoms with van der Waals surface area (Å²) in [5.74, 6) is -0.103. The Kier molecular flexibility index (Phi) is 11.3. The summed E-state index contributed by atoms with van der Waals surface area (Å²) in [6.45, 7) is 6.49. The molecule has 0 aromatic heterocycles. The molecule has 1 heterocycles. The minimum absolute atomic E-state index is 0. The van der Waals surface area contributed by atoms with Crippen molar-refractivity contribution in [1.29, 1.82) is 0 Å². The van der Waals surface area contributed by atoms with Crippen LogP contribution in [0, 0.1) is 0 Å². The van der Waals surface area contributed by atoms with Crippen molar-refractivity contribution in [2.24, 2.45) is 0 Å². The Labute approximate surface area is 166 Å². The summed E-state index contributed by atoms with van der Waals surface area (Å²) in [5.41, 5.74) is 0.571. The lowest BCUT2D eigenvalue weighted by Gasteiger charge is -2.27. The fraction of sp³-hybridized carbons (Fsp3) is 0.556. The van der Waals surface area contributed by atoms with E-state index in [-0.39, 0.29) is 24.2 Å². The molecule has 0 atom stereocenters. The lowest BCUT2D eigenvalue weighted by Crippen LogP contribution is -2.44. The van der Waals surface area contributed by atoms with E-state index in [4.69, 9.17) is 11.6 Å². The number of carbonyl (C=O) groups is 2. The molecule has 0 saturated carbocycles. The molecule has 26 heavy (non-hydrogen) atoms. The zero-order valence-corrected chi connectivity index (χ0v) is 16.5. The number of carbonyl (C=O) groups excluding carboxylic acids is 2. The second-order valence-electron chi connectivity index (χ2n) is 6.16. The third-order valence-electron chi connectivity index (χ3n) is 4.16. The highest BCUT2D eigenvalue weighted by Gasteiger charge is 2.09. The van der Waals surface area contributed by atoms with Crippen LogP contribution in [0.1, 0.15) is 29.6 Å². The van der Waals surface area contributed by atoms with E-state index in [0.717, 1.165) is 39.1 Å². The van der Waals surface area contributed by atoms with E-state index in [1.165, 1.54) is 0 Å². The van der Waals surface area contributed by atoms with Gasteiger partial charge in [-0.3, -0.25) is 9.59 Å². The molecule has 6 nitrogen and oxygen atoms in total. The number of piperazine rings is 1. The zero-order valence-electron chi connectivity index (χ0n) is 14.9. The average molecular weight is 403 g/mol. The first-order chi connectivity index (χ1) is 12.1. The Morgan fingerprint density at radius 3 is 2.38 bits per heavy atom. The van der Waals surface area contributed by atoms with Gasteiger partial charge >= 0.3 is 0 Å². The summed E-state index contributed by atoms with van der Waals surface area (Å²) in [7, 11) is 0. The van der Waals surface area contributed by atoms with E-state index < -0.39 is 0 Å². The highest BCUT2D eigenvalue weighted by molar-refractivity contribution is 6.30. The summed E-state index contributed by atoms with van der Waals surface area (Å²) < 4.78 is 0. The molecule has 0 radical (unpaired) electrons. The molecule has 0 unspecified atom stereocenters. The highest BCUT2D eigenvalue weighted by atomic mass is 35.5. The predicted molar refractivity (Wildman–Crippen MR) is 107 cm³/mol. The molecule has 1 aliphatic heterocycles. The van der Waals surface area contributed by atoms with Gasteiger partial charge in [-0.05, 0) is 43.7 Å². The largest absolute Gasteiger partial charge is 0.356 e. The van der Waals surface area contributed by atoms with Gasteiger partial charge in [0.25, 0.3) is 5.91 Å². The maximum atomic E-state index is 11.9. The molecule has 0 aliphatic carbocycles. The van der Waals surface area contributed by atoms with Gasteiger partial charge in [-0.15, -0.1) is 12.4 Å². The summed E-state index contributed by atoms with van der Waals surface area (Å²) in [6, 6.07) is 6.74. The normalized spacial score (nSPS) is 14.3. The van der Waals surface area contributed by atoms with Gasteiger partial charge in [-0.2, -0.15) is 0 Å². The van der Waals surface area contributed by atoms with Crippen molar-refractivity contribution in [2.75, 3.05) is 45.8 Å². The van der Waals surface area contributed by atoms with E-state index in [0.29, 0.717) is 36.5 Å². The third-order valence-corrected chi connectivity index (χ3v) is 4.41. The second kappa shape index (κ2) is 12.9. The van der Waals surface area contributed by atoms with Crippen LogP contribution in [0.25, 0.3) is 0 Å². The van der Waals surface area contributed by atoms with Crippen LogP contribution in [-0.4, -0.2) is 62.5 Å². The molecule has 1 fully saturated rings. The molecule has 1 aromatic rings. The van der Waals surface area contributed by atoms with Crippen LogP contribution < -0.4 is 16.0 Å². The first-order valence-corrected chi connectivity index (χ1v) is 9.26. The van der Waals surface area contributed by atoms with Crippen LogP contribution in [0.4, 0.5) is 0 Å². The Morgan fingerprint density at radius 1 is 1.04 bits per heavy atom. The lowest BCUT2D eigenvalue weighted by atomic mass is 10.2. The van der Waals surface area contributed by atoms with Crippen molar-refractivity contribution in [3.8, 4) is 0 Å². The average Bonchev–Trinajstić information content (AvgIpc) is 2.63. The molecule has 0 bridgehead atoms. The van der Waals surface area contributed by atoms with Crippen LogP contribution in [0.5, 0.6) is 0 Å². The van der Waals surface area contributed by atoms with Gasteiger partial charge < -0.3 is 20.9 Å².